The topological polar surface area (TPSA) is 84.9 Å². The maximum absolute atomic E-state index is 11.9. The summed E-state index contributed by atoms with van der Waals surface area (Å²) in [7, 11) is 1.50. The van der Waals surface area contributed by atoms with Crippen LogP contribution in [0.25, 0.3) is 0 Å². The Morgan fingerprint density at radius 2 is 2.17 bits per heavy atom. The molecule has 0 saturated carbocycles. The van der Waals surface area contributed by atoms with E-state index >= 15 is 0 Å². The summed E-state index contributed by atoms with van der Waals surface area (Å²) in [4.78, 5) is 22.6. The van der Waals surface area contributed by atoms with Gasteiger partial charge in [0.05, 0.1) is 6.10 Å². The number of carbonyl (C=O) groups excluding carboxylic acids is 1. The van der Waals surface area contributed by atoms with E-state index in [-0.39, 0.29) is 12.0 Å². The first-order chi connectivity index (χ1) is 8.42. The van der Waals surface area contributed by atoms with E-state index < -0.39 is 17.7 Å². The largest absolute Gasteiger partial charge is 0.479 e. The number of carbonyl (C=O) groups is 2. The van der Waals surface area contributed by atoms with Gasteiger partial charge in [0, 0.05) is 13.7 Å². The molecule has 0 spiro atoms. The number of hydrogen-bond donors (Lipinski definition) is 2. The lowest BCUT2D eigenvalue weighted by Gasteiger charge is -2.26. The second-order valence-corrected chi connectivity index (χ2v) is 4.66. The number of carboxylic acid groups (broad SMARTS) is 1. The molecule has 1 saturated heterocycles. The van der Waals surface area contributed by atoms with Crippen LogP contribution in [0.5, 0.6) is 0 Å². The lowest BCUT2D eigenvalue weighted by atomic mass is 10.0. The van der Waals surface area contributed by atoms with Gasteiger partial charge in [-0.3, -0.25) is 4.79 Å². The van der Waals surface area contributed by atoms with Crippen LogP contribution in [0.2, 0.25) is 0 Å². The molecule has 6 heteroatoms. The minimum atomic E-state index is -0.945. The van der Waals surface area contributed by atoms with Crippen molar-refractivity contribution in [2.75, 3.05) is 13.7 Å². The van der Waals surface area contributed by atoms with E-state index in [1.54, 1.807) is 6.92 Å². The van der Waals surface area contributed by atoms with Gasteiger partial charge in [0.2, 0.25) is 0 Å². The Kier molecular flexibility index (Phi) is 5.10. The fraction of sp³-hybridized carbons (Fsp3) is 0.833. The van der Waals surface area contributed by atoms with Crippen molar-refractivity contribution >= 4 is 11.9 Å². The molecule has 104 valence electrons. The molecular weight excluding hydrogens is 238 g/mol. The molecule has 0 bridgehead atoms. The molecule has 3 unspecified atom stereocenters. The molecular formula is C12H21NO5. The van der Waals surface area contributed by atoms with Crippen LogP contribution < -0.4 is 5.32 Å². The number of nitrogens with one attached hydrogen (secondary N) is 1. The van der Waals surface area contributed by atoms with Crippen LogP contribution >= 0.6 is 0 Å². The van der Waals surface area contributed by atoms with Crippen molar-refractivity contribution in [3.63, 3.8) is 0 Å². The van der Waals surface area contributed by atoms with E-state index in [0.717, 1.165) is 0 Å². The summed E-state index contributed by atoms with van der Waals surface area (Å²) in [5.74, 6) is -1.14. The number of carboxylic acids is 1. The zero-order valence-electron chi connectivity index (χ0n) is 11.1. The van der Waals surface area contributed by atoms with Crippen LogP contribution in [0.15, 0.2) is 0 Å². The minimum Gasteiger partial charge on any atom is -0.479 e. The number of hydrogen-bond acceptors (Lipinski definition) is 4. The molecule has 3 atom stereocenters. The molecule has 1 heterocycles. The Labute approximate surface area is 107 Å². The van der Waals surface area contributed by atoms with Gasteiger partial charge in [-0.1, -0.05) is 6.92 Å². The zero-order valence-corrected chi connectivity index (χ0v) is 11.1. The van der Waals surface area contributed by atoms with Crippen LogP contribution in [-0.2, 0) is 19.1 Å². The third-order valence-corrected chi connectivity index (χ3v) is 3.48. The van der Waals surface area contributed by atoms with Crippen LogP contribution in [0.3, 0.4) is 0 Å². The van der Waals surface area contributed by atoms with E-state index in [4.69, 9.17) is 14.6 Å². The zero-order chi connectivity index (χ0) is 13.8. The number of rotatable bonds is 6. The Morgan fingerprint density at radius 1 is 1.50 bits per heavy atom. The molecule has 0 aromatic carbocycles. The first-order valence-electron chi connectivity index (χ1n) is 6.14. The molecule has 1 aliphatic heterocycles. The average molecular weight is 259 g/mol. The van der Waals surface area contributed by atoms with Gasteiger partial charge >= 0.3 is 5.97 Å². The first kappa shape index (κ1) is 14.9. The van der Waals surface area contributed by atoms with E-state index in [2.05, 4.69) is 5.32 Å². The molecule has 1 amide bonds. The molecule has 1 aliphatic rings. The van der Waals surface area contributed by atoms with Gasteiger partial charge in [-0.05, 0) is 26.2 Å². The minimum absolute atomic E-state index is 0.199. The summed E-state index contributed by atoms with van der Waals surface area (Å²) < 4.78 is 10.5. The van der Waals surface area contributed by atoms with Crippen LogP contribution in [-0.4, -0.2) is 48.4 Å². The van der Waals surface area contributed by atoms with Crippen molar-refractivity contribution in [3.05, 3.63) is 0 Å². The molecule has 0 aromatic heterocycles. The Hall–Kier alpha value is -1.14. The van der Waals surface area contributed by atoms with E-state index in [9.17, 15) is 9.59 Å². The monoisotopic (exact) mass is 259 g/mol. The van der Waals surface area contributed by atoms with Crippen molar-refractivity contribution < 1.29 is 24.2 Å². The third-order valence-electron chi connectivity index (χ3n) is 3.48. The van der Waals surface area contributed by atoms with Gasteiger partial charge in [0.25, 0.3) is 5.91 Å². The molecule has 6 nitrogen and oxygen atoms in total. The Balaban J connectivity index is 2.38. The van der Waals surface area contributed by atoms with Gasteiger partial charge in [0.15, 0.2) is 6.10 Å². The number of aliphatic carboxylic acids is 1. The SMILES string of the molecule is CCC(C)(OC)C(=O)NCC1CCC(C(=O)O)O1. The highest BCUT2D eigenvalue weighted by atomic mass is 16.5. The average Bonchev–Trinajstić information content (AvgIpc) is 2.83. The van der Waals surface area contributed by atoms with Gasteiger partial charge in [-0.25, -0.2) is 4.79 Å². The summed E-state index contributed by atoms with van der Waals surface area (Å²) in [6.45, 7) is 3.91. The highest BCUT2D eigenvalue weighted by molar-refractivity contribution is 5.84. The molecule has 1 fully saturated rings. The fourth-order valence-electron chi connectivity index (χ4n) is 1.83. The normalized spacial score (nSPS) is 26.6. The third kappa shape index (κ3) is 3.43. The maximum Gasteiger partial charge on any atom is 0.332 e. The fourth-order valence-corrected chi connectivity index (χ4v) is 1.83. The summed E-state index contributed by atoms with van der Waals surface area (Å²) in [5, 5.41) is 11.5. The van der Waals surface area contributed by atoms with Crippen LogP contribution in [0, 0.1) is 0 Å². The molecule has 18 heavy (non-hydrogen) atoms. The lowest BCUT2D eigenvalue weighted by molar-refractivity contribution is -0.149. The molecule has 0 radical (unpaired) electrons. The predicted octanol–water partition coefficient (Wildman–Crippen LogP) is 0.550. The van der Waals surface area contributed by atoms with Gasteiger partial charge < -0.3 is 19.9 Å². The van der Waals surface area contributed by atoms with Crippen molar-refractivity contribution in [2.45, 2.75) is 50.9 Å². The predicted molar refractivity (Wildman–Crippen MR) is 64.2 cm³/mol. The molecule has 0 aromatic rings. The van der Waals surface area contributed by atoms with Gasteiger partial charge in [-0.2, -0.15) is 0 Å². The van der Waals surface area contributed by atoms with Crippen molar-refractivity contribution in [2.24, 2.45) is 0 Å². The maximum atomic E-state index is 11.9. The molecule has 1 rings (SSSR count). The van der Waals surface area contributed by atoms with E-state index in [0.29, 0.717) is 25.8 Å². The standard InChI is InChI=1S/C12H21NO5/c1-4-12(2,17-3)11(16)13-7-8-5-6-9(18-8)10(14)15/h8-9H,4-7H2,1-3H3,(H,13,16)(H,14,15). The molecule has 0 aliphatic carbocycles. The van der Waals surface area contributed by atoms with Crippen LogP contribution in [0.1, 0.15) is 33.1 Å². The highest BCUT2D eigenvalue weighted by Gasteiger charge is 2.34. The van der Waals surface area contributed by atoms with Crippen molar-refractivity contribution in [3.8, 4) is 0 Å². The van der Waals surface area contributed by atoms with E-state index in [1.165, 1.54) is 7.11 Å². The number of amides is 1. The Bertz CT molecular complexity index is 314. The second-order valence-electron chi connectivity index (χ2n) is 4.66. The lowest BCUT2D eigenvalue weighted by Crippen LogP contribution is -2.47. The summed E-state index contributed by atoms with van der Waals surface area (Å²) >= 11 is 0. The quantitative estimate of drug-likeness (QED) is 0.727. The second kappa shape index (κ2) is 6.15. The van der Waals surface area contributed by atoms with E-state index in [1.807, 2.05) is 6.92 Å². The van der Waals surface area contributed by atoms with Crippen LogP contribution in [0.4, 0.5) is 0 Å². The smallest absolute Gasteiger partial charge is 0.332 e. The number of ether oxygens (including phenoxy) is 2. The van der Waals surface area contributed by atoms with Gasteiger partial charge in [0.1, 0.15) is 5.60 Å². The summed E-state index contributed by atoms with van der Waals surface area (Å²) in [6.07, 6.45) is 0.733. The highest BCUT2D eigenvalue weighted by Crippen LogP contribution is 2.20. The summed E-state index contributed by atoms with van der Waals surface area (Å²) in [6, 6.07) is 0. The Morgan fingerprint density at radius 3 is 2.61 bits per heavy atom. The molecule has 2 N–H and O–H groups in total. The number of methoxy groups -OCH3 is 1. The van der Waals surface area contributed by atoms with Crippen molar-refractivity contribution in [1.29, 1.82) is 0 Å². The first-order valence-corrected chi connectivity index (χ1v) is 6.14. The summed E-state index contributed by atoms with van der Waals surface area (Å²) in [5.41, 5.74) is -0.842. The van der Waals surface area contributed by atoms with Gasteiger partial charge in [-0.15, -0.1) is 0 Å². The van der Waals surface area contributed by atoms with Crippen molar-refractivity contribution in [1.82, 2.24) is 5.32 Å².